The van der Waals surface area contributed by atoms with Gasteiger partial charge in [0.05, 0.1) is 12.8 Å². The van der Waals surface area contributed by atoms with Crippen molar-refractivity contribution in [3.63, 3.8) is 0 Å². The van der Waals surface area contributed by atoms with E-state index in [4.69, 9.17) is 14.2 Å². The Bertz CT molecular complexity index is 1220. The van der Waals surface area contributed by atoms with E-state index in [0.717, 1.165) is 18.4 Å². The van der Waals surface area contributed by atoms with Gasteiger partial charge in [-0.15, -0.1) is 0 Å². The number of methoxy groups -OCH3 is 1. The van der Waals surface area contributed by atoms with Gasteiger partial charge in [-0.05, 0) is 42.7 Å². The maximum absolute atomic E-state index is 13.0. The van der Waals surface area contributed by atoms with Crippen molar-refractivity contribution in [2.24, 2.45) is 0 Å². The molecule has 0 aromatic heterocycles. The monoisotopic (exact) mass is 473 g/mol. The van der Waals surface area contributed by atoms with Crippen LogP contribution in [0.2, 0.25) is 0 Å². The number of carbonyl (C=O) groups is 3. The van der Waals surface area contributed by atoms with Gasteiger partial charge in [-0.2, -0.15) is 0 Å². The van der Waals surface area contributed by atoms with E-state index < -0.39 is 5.92 Å². The Morgan fingerprint density at radius 1 is 0.943 bits per heavy atom. The molecule has 0 fully saturated rings. The molecule has 0 saturated heterocycles. The lowest BCUT2D eigenvalue weighted by atomic mass is 9.73. The molecule has 1 aliphatic heterocycles. The highest BCUT2D eigenvalue weighted by Gasteiger charge is 2.41. The first-order chi connectivity index (χ1) is 17.0. The zero-order valence-electron chi connectivity index (χ0n) is 19.6. The van der Waals surface area contributed by atoms with Gasteiger partial charge in [-0.3, -0.25) is 14.4 Å². The van der Waals surface area contributed by atoms with Crippen molar-refractivity contribution in [2.45, 2.75) is 44.4 Å². The molecule has 0 radical (unpaired) electrons. The summed E-state index contributed by atoms with van der Waals surface area (Å²) in [6.45, 7) is -0.199. The minimum Gasteiger partial charge on any atom is -0.495 e. The van der Waals surface area contributed by atoms with E-state index in [-0.39, 0.29) is 24.1 Å². The van der Waals surface area contributed by atoms with Crippen molar-refractivity contribution in [3.8, 4) is 11.5 Å². The lowest BCUT2D eigenvalue weighted by Crippen LogP contribution is -2.30. The zero-order valence-corrected chi connectivity index (χ0v) is 19.6. The zero-order chi connectivity index (χ0) is 24.4. The van der Waals surface area contributed by atoms with E-state index in [1.165, 1.54) is 0 Å². The number of Topliss-reactive ketones (excluding diaryl/α,β-unsaturated/α-hetero) is 2. The number of nitrogens with one attached hydrogen (secondary N) is 1. The Labute approximate surface area is 203 Å². The van der Waals surface area contributed by atoms with Crippen LogP contribution in [0.1, 0.15) is 50.0 Å². The Hall–Kier alpha value is -3.87. The predicted octanol–water partition coefficient (Wildman–Crippen LogP) is 4.84. The summed E-state index contributed by atoms with van der Waals surface area (Å²) in [7, 11) is 1.54. The number of hydrogen-bond donors (Lipinski definition) is 1. The quantitative estimate of drug-likeness (QED) is 0.646. The van der Waals surface area contributed by atoms with Crippen LogP contribution >= 0.6 is 0 Å². The molecule has 0 unspecified atom stereocenters. The fourth-order valence-corrected chi connectivity index (χ4v) is 5.02. The molecule has 7 heteroatoms. The molecule has 5 rings (SSSR count). The summed E-state index contributed by atoms with van der Waals surface area (Å²) < 4.78 is 17.1. The van der Waals surface area contributed by atoms with Crippen LogP contribution in [-0.4, -0.2) is 31.2 Å². The van der Waals surface area contributed by atoms with E-state index in [1.807, 2.05) is 24.3 Å². The first-order valence-corrected chi connectivity index (χ1v) is 11.9. The molecule has 2 aromatic carbocycles. The van der Waals surface area contributed by atoms with Gasteiger partial charge in [0.2, 0.25) is 0 Å². The van der Waals surface area contributed by atoms with Crippen LogP contribution in [0.5, 0.6) is 11.5 Å². The molecular weight excluding hydrogens is 446 g/mol. The lowest BCUT2D eigenvalue weighted by Gasteiger charge is -2.36. The molecule has 0 bridgehead atoms. The molecule has 35 heavy (non-hydrogen) atoms. The van der Waals surface area contributed by atoms with Crippen molar-refractivity contribution in [1.82, 2.24) is 0 Å². The van der Waals surface area contributed by atoms with Crippen molar-refractivity contribution in [1.29, 1.82) is 0 Å². The molecule has 3 aliphatic rings. The third-order valence-electron chi connectivity index (χ3n) is 6.58. The number of benzene rings is 2. The van der Waals surface area contributed by atoms with E-state index in [9.17, 15) is 14.4 Å². The summed E-state index contributed by atoms with van der Waals surface area (Å²) in [5.41, 5.74) is 2.54. The van der Waals surface area contributed by atoms with Crippen molar-refractivity contribution in [2.75, 3.05) is 19.0 Å². The normalized spacial score (nSPS) is 18.0. The molecule has 2 aliphatic carbocycles. The van der Waals surface area contributed by atoms with Gasteiger partial charge in [0.15, 0.2) is 18.2 Å². The number of anilines is 1. The van der Waals surface area contributed by atoms with Crippen LogP contribution in [-0.2, 0) is 19.1 Å². The molecule has 0 spiro atoms. The van der Waals surface area contributed by atoms with Gasteiger partial charge in [0.25, 0.3) is 5.91 Å². The number of para-hydroxylation sites is 2. The highest BCUT2D eigenvalue weighted by molar-refractivity contribution is 6.05. The maximum atomic E-state index is 13.0. The minimum absolute atomic E-state index is 0.0312. The van der Waals surface area contributed by atoms with E-state index >= 15 is 0 Å². The number of allylic oxidation sites excluding steroid dienone is 4. The number of hydrogen-bond acceptors (Lipinski definition) is 6. The van der Waals surface area contributed by atoms with Crippen LogP contribution in [0.3, 0.4) is 0 Å². The predicted molar refractivity (Wildman–Crippen MR) is 129 cm³/mol. The third kappa shape index (κ3) is 4.58. The van der Waals surface area contributed by atoms with Gasteiger partial charge < -0.3 is 19.5 Å². The van der Waals surface area contributed by atoms with E-state index in [0.29, 0.717) is 65.5 Å². The number of ether oxygens (including phenoxy) is 3. The Kier molecular flexibility index (Phi) is 6.40. The average Bonchev–Trinajstić information content (AvgIpc) is 2.87. The minimum atomic E-state index is -0.458. The lowest BCUT2D eigenvalue weighted by molar-refractivity contribution is -0.119. The van der Waals surface area contributed by atoms with Gasteiger partial charge in [-0.25, -0.2) is 0 Å². The fourth-order valence-electron chi connectivity index (χ4n) is 5.02. The van der Waals surface area contributed by atoms with Crippen LogP contribution in [0, 0.1) is 0 Å². The van der Waals surface area contributed by atoms with Gasteiger partial charge >= 0.3 is 0 Å². The maximum Gasteiger partial charge on any atom is 0.262 e. The molecule has 7 nitrogen and oxygen atoms in total. The number of ketones is 2. The average molecular weight is 474 g/mol. The highest BCUT2D eigenvalue weighted by Crippen LogP contribution is 2.48. The summed E-state index contributed by atoms with van der Waals surface area (Å²) in [5.74, 6) is 1.72. The number of amides is 1. The molecule has 1 N–H and O–H groups in total. The largest absolute Gasteiger partial charge is 0.495 e. The summed E-state index contributed by atoms with van der Waals surface area (Å²) >= 11 is 0. The molecule has 1 amide bonds. The third-order valence-corrected chi connectivity index (χ3v) is 6.58. The second kappa shape index (κ2) is 9.78. The summed E-state index contributed by atoms with van der Waals surface area (Å²) in [5, 5.41) is 2.79. The van der Waals surface area contributed by atoms with Gasteiger partial charge in [-0.1, -0.05) is 24.3 Å². The van der Waals surface area contributed by atoms with Crippen LogP contribution in [0.15, 0.2) is 71.2 Å². The summed E-state index contributed by atoms with van der Waals surface area (Å²) in [6.07, 6.45) is 3.81. The Morgan fingerprint density at radius 2 is 1.63 bits per heavy atom. The molecule has 2 aromatic rings. The molecule has 180 valence electrons. The second-order valence-electron chi connectivity index (χ2n) is 8.87. The molecule has 0 saturated carbocycles. The van der Waals surface area contributed by atoms with E-state index in [1.54, 1.807) is 31.4 Å². The Morgan fingerprint density at radius 3 is 2.31 bits per heavy atom. The first kappa shape index (κ1) is 22.9. The van der Waals surface area contributed by atoms with Gasteiger partial charge in [0.1, 0.15) is 23.0 Å². The van der Waals surface area contributed by atoms with Crippen LogP contribution in [0.4, 0.5) is 5.69 Å². The Balaban J connectivity index is 1.39. The summed E-state index contributed by atoms with van der Waals surface area (Å²) in [4.78, 5) is 38.4. The topological polar surface area (TPSA) is 90.9 Å². The fraction of sp³-hybridized carbons (Fsp3) is 0.321. The van der Waals surface area contributed by atoms with Crippen LogP contribution < -0.4 is 14.8 Å². The molecular formula is C28H27NO6. The second-order valence-corrected chi connectivity index (χ2v) is 8.87. The van der Waals surface area contributed by atoms with Gasteiger partial charge in [0, 0.05) is 42.7 Å². The van der Waals surface area contributed by atoms with E-state index in [2.05, 4.69) is 5.32 Å². The molecule has 1 heterocycles. The van der Waals surface area contributed by atoms with Crippen LogP contribution in [0.25, 0.3) is 0 Å². The molecule has 0 atom stereocenters. The van der Waals surface area contributed by atoms with Crippen molar-refractivity contribution >= 4 is 23.2 Å². The SMILES string of the molecule is COc1ccccc1NC(=O)COc1cccc(C2C3=C(CCCC3=O)OC3=C2C(=O)CCC3)c1. The van der Waals surface area contributed by atoms with Crippen molar-refractivity contribution < 1.29 is 28.6 Å². The highest BCUT2D eigenvalue weighted by atomic mass is 16.5. The first-order valence-electron chi connectivity index (χ1n) is 11.9. The summed E-state index contributed by atoms with van der Waals surface area (Å²) in [6, 6.07) is 14.4. The standard InChI is InChI=1S/C28H27NO6/c1-33-22-12-3-2-9-19(22)29-25(32)16-34-18-8-4-7-17(15-18)26-27-20(30)10-5-13-23(27)35-24-14-6-11-21(31)28(24)26/h2-4,7-9,12,15,26H,5-6,10-11,13-14,16H2,1H3,(H,29,32). The van der Waals surface area contributed by atoms with Crippen molar-refractivity contribution in [3.05, 3.63) is 76.8 Å². The number of carbonyl (C=O) groups excluding carboxylic acids is 3. The smallest absolute Gasteiger partial charge is 0.262 e. The number of rotatable bonds is 6.